The summed E-state index contributed by atoms with van der Waals surface area (Å²) in [4.78, 5) is 18.5. The van der Waals surface area contributed by atoms with Gasteiger partial charge >= 0.3 is 0 Å². The van der Waals surface area contributed by atoms with Gasteiger partial charge in [0, 0.05) is 61.3 Å². The molecule has 4 aromatic rings. The lowest BCUT2D eigenvalue weighted by molar-refractivity contribution is 0.0358. The number of hydrogen-bond donors (Lipinski definition) is 3. The Morgan fingerprint density at radius 2 is 1.85 bits per heavy atom. The monoisotopic (exact) mass is 640 g/mol. The third-order valence-corrected chi connectivity index (χ3v) is 9.85. The highest BCUT2D eigenvalue weighted by molar-refractivity contribution is 14.2. The molecule has 39 heavy (non-hydrogen) atoms. The average molecular weight is 640 g/mol. The summed E-state index contributed by atoms with van der Waals surface area (Å²) < 4.78 is 20.1. The summed E-state index contributed by atoms with van der Waals surface area (Å²) in [7, 11) is 0. The summed E-state index contributed by atoms with van der Waals surface area (Å²) in [5, 5.41) is 12.1. The van der Waals surface area contributed by atoms with Crippen molar-refractivity contribution in [2.75, 3.05) is 42.6 Å². The Kier molecular flexibility index (Phi) is 7.40. The Morgan fingerprint density at radius 3 is 2.64 bits per heavy atom. The minimum atomic E-state index is -0.842. The molecular weight excluding hydrogens is 611 g/mol. The minimum Gasteiger partial charge on any atom is -0.504 e. The number of morpholine rings is 1. The van der Waals surface area contributed by atoms with Crippen molar-refractivity contribution < 1.29 is 19.3 Å². The van der Waals surface area contributed by atoms with Gasteiger partial charge in [0.25, 0.3) is 5.56 Å². The maximum absolute atomic E-state index is 13.1. The second-order valence-electron chi connectivity index (χ2n) is 9.32. The molecular formula is C29H29IN4O5. The van der Waals surface area contributed by atoms with Gasteiger partial charge in [-0.25, -0.2) is 0 Å². The van der Waals surface area contributed by atoms with Crippen LogP contribution in [0.15, 0.2) is 71.5 Å². The van der Waals surface area contributed by atoms with Crippen molar-refractivity contribution in [3.8, 4) is 23.0 Å². The molecule has 1 aromatic heterocycles. The highest BCUT2D eigenvalue weighted by Crippen LogP contribution is 2.38. The zero-order chi connectivity index (χ0) is 26.8. The standard InChI is InChI=1S/C29H29IN4O5/c31-28-26-27(30-34(28)19-7-10-25(24(35)17-19)39-20-5-2-1-3-6-20)22-9-8-21(18-23(22)32-29(26)36)38-14-4-11-33-12-15-37-16-13-33/h1-3,5-10,17-18,35H,4,11-16,31H2,(H,32,36). The first-order valence-corrected chi connectivity index (χ1v) is 14.9. The summed E-state index contributed by atoms with van der Waals surface area (Å²) in [5.74, 6) is 2.09. The van der Waals surface area contributed by atoms with E-state index < -0.39 is 21.0 Å². The van der Waals surface area contributed by atoms with E-state index in [0.717, 1.165) is 59.1 Å². The average Bonchev–Trinajstić information content (AvgIpc) is 3.31. The number of halogens is 1. The van der Waals surface area contributed by atoms with Crippen LogP contribution < -0.4 is 29.1 Å². The number of aromatic nitrogens is 1. The molecule has 1 saturated heterocycles. The van der Waals surface area contributed by atoms with Gasteiger partial charge in [-0.1, -0.05) is 18.2 Å². The van der Waals surface area contributed by atoms with E-state index in [-0.39, 0.29) is 11.3 Å². The van der Waals surface area contributed by atoms with Crippen molar-refractivity contribution in [2.45, 2.75) is 6.42 Å². The highest BCUT2D eigenvalue weighted by atomic mass is 127. The number of ether oxygens (including phenoxy) is 3. The van der Waals surface area contributed by atoms with Gasteiger partial charge in [0.05, 0.1) is 36.2 Å². The van der Waals surface area contributed by atoms with Crippen LogP contribution in [-0.2, 0) is 4.74 Å². The van der Waals surface area contributed by atoms with Gasteiger partial charge in [-0.2, -0.15) is 0 Å². The third-order valence-electron chi connectivity index (χ3n) is 6.69. The van der Waals surface area contributed by atoms with Gasteiger partial charge in [0.2, 0.25) is 0 Å². The number of nitrogens with zero attached hydrogens (tertiary/aromatic N) is 2. The summed E-state index contributed by atoms with van der Waals surface area (Å²) >= 11 is -0.842. The second kappa shape index (κ2) is 11.2. The first kappa shape index (κ1) is 25.7. The zero-order valence-electron chi connectivity index (χ0n) is 21.2. The van der Waals surface area contributed by atoms with Gasteiger partial charge in [0.15, 0.2) is 11.5 Å². The first-order chi connectivity index (χ1) is 19.1. The Labute approximate surface area is 235 Å². The normalized spacial score (nSPS) is 15.5. The molecule has 10 heteroatoms. The van der Waals surface area contributed by atoms with Crippen LogP contribution in [0.3, 0.4) is 0 Å². The predicted molar refractivity (Wildman–Crippen MR) is 159 cm³/mol. The number of rotatable bonds is 8. The summed E-state index contributed by atoms with van der Waals surface area (Å²) in [6.45, 7) is 5.10. The van der Waals surface area contributed by atoms with E-state index in [9.17, 15) is 9.90 Å². The minimum absolute atomic E-state index is 0.00158. The first-order valence-electron chi connectivity index (χ1n) is 12.8. The lowest BCUT2D eigenvalue weighted by Crippen LogP contribution is -2.37. The molecule has 0 unspecified atom stereocenters. The number of H-pyrrole nitrogens is 1. The van der Waals surface area contributed by atoms with Gasteiger partial charge < -0.3 is 30.0 Å². The van der Waals surface area contributed by atoms with Crippen LogP contribution in [0.1, 0.15) is 6.42 Å². The maximum Gasteiger partial charge on any atom is 0.260 e. The molecule has 1 fully saturated rings. The fourth-order valence-electron chi connectivity index (χ4n) is 4.69. The molecule has 0 spiro atoms. The molecule has 0 bridgehead atoms. The molecule has 0 amide bonds. The van der Waals surface area contributed by atoms with Crippen molar-refractivity contribution in [3.05, 3.63) is 85.5 Å². The lowest BCUT2D eigenvalue weighted by atomic mass is 10.2. The molecule has 2 aliphatic heterocycles. The molecule has 3 aromatic carbocycles. The molecule has 0 aliphatic carbocycles. The van der Waals surface area contributed by atoms with E-state index in [4.69, 9.17) is 19.9 Å². The van der Waals surface area contributed by atoms with Crippen LogP contribution in [0.4, 0.5) is 5.69 Å². The van der Waals surface area contributed by atoms with Gasteiger partial charge in [-0.05, 0) is 42.8 Å². The van der Waals surface area contributed by atoms with Crippen molar-refractivity contribution >= 4 is 43.4 Å². The van der Waals surface area contributed by atoms with E-state index >= 15 is 0 Å². The largest absolute Gasteiger partial charge is 0.504 e. The number of phenols is 1. The molecule has 0 atom stereocenters. The smallest absolute Gasteiger partial charge is 0.260 e. The van der Waals surface area contributed by atoms with Crippen LogP contribution in [0.5, 0.6) is 23.0 Å². The number of nitrogens with one attached hydrogen (secondary N) is 1. The number of anilines is 1. The second-order valence-corrected chi connectivity index (χ2v) is 11.9. The lowest BCUT2D eigenvalue weighted by Gasteiger charge is -2.26. The van der Waals surface area contributed by atoms with Crippen molar-refractivity contribution in [1.29, 1.82) is 0 Å². The van der Waals surface area contributed by atoms with Crippen molar-refractivity contribution in [3.63, 3.8) is 0 Å². The van der Waals surface area contributed by atoms with Crippen LogP contribution >= 0.6 is 21.0 Å². The molecule has 6 rings (SSSR count). The molecule has 9 nitrogen and oxygen atoms in total. The van der Waals surface area contributed by atoms with Gasteiger partial charge in [-0.3, -0.25) is 12.8 Å². The number of hydrogen-bond acceptors (Lipinski definition) is 8. The predicted octanol–water partition coefficient (Wildman–Crippen LogP) is 3.81. The topological polar surface area (TPSA) is 113 Å². The quantitative estimate of drug-likeness (QED) is 0.152. The van der Waals surface area contributed by atoms with Crippen molar-refractivity contribution in [2.24, 2.45) is 5.73 Å². The summed E-state index contributed by atoms with van der Waals surface area (Å²) in [6.07, 6.45) is 0.923. The summed E-state index contributed by atoms with van der Waals surface area (Å²) in [5.41, 5.74) is 7.71. The number of pyridine rings is 1. The number of phenolic OH excluding ortho intramolecular Hbond substituents is 1. The van der Waals surface area contributed by atoms with Gasteiger partial charge in [-0.15, -0.1) is 0 Å². The van der Waals surface area contributed by atoms with E-state index in [1.54, 1.807) is 12.1 Å². The molecule has 0 radical (unpaired) electrons. The van der Waals surface area contributed by atoms with E-state index in [2.05, 4.69) is 9.88 Å². The Bertz CT molecular complexity index is 1690. The van der Waals surface area contributed by atoms with Crippen LogP contribution in [0.25, 0.3) is 16.7 Å². The Morgan fingerprint density at radius 1 is 1.03 bits per heavy atom. The number of fused-ring (bicyclic) bond motifs is 3. The molecule has 0 saturated carbocycles. The fraction of sp³-hybridized carbons (Fsp3) is 0.241. The third kappa shape index (κ3) is 5.45. The highest BCUT2D eigenvalue weighted by Gasteiger charge is 2.20. The Balaban J connectivity index is 1.22. The SMILES string of the molecule is NC1=c2c(=O)[nH]c3cc(OCCCN4CCOCC4)ccc3c2=IN1c1ccc(Oc2ccccc2)c(O)c1. The van der Waals surface area contributed by atoms with Gasteiger partial charge in [0.1, 0.15) is 17.3 Å². The number of nitrogens with two attached hydrogens (primary N) is 1. The number of aromatic hydroxyl groups is 1. The van der Waals surface area contributed by atoms with Crippen molar-refractivity contribution in [1.82, 2.24) is 9.88 Å². The van der Waals surface area contributed by atoms with E-state index in [1.165, 1.54) is 0 Å². The van der Waals surface area contributed by atoms with Crippen LogP contribution in [0.2, 0.25) is 0 Å². The molecule has 2 aliphatic rings. The zero-order valence-corrected chi connectivity index (χ0v) is 23.4. The van der Waals surface area contributed by atoms with Crippen LogP contribution in [-0.4, -0.2) is 54.4 Å². The number of benzene rings is 3. The summed E-state index contributed by atoms with van der Waals surface area (Å²) in [6, 6.07) is 20.3. The molecule has 202 valence electrons. The number of para-hydroxylation sites is 1. The number of aromatic amines is 1. The van der Waals surface area contributed by atoms with E-state index in [1.807, 2.05) is 57.7 Å². The molecule has 3 heterocycles. The maximum atomic E-state index is 13.1. The Hall–Kier alpha value is -3.61. The fourth-order valence-corrected chi connectivity index (χ4v) is 7.75. The molecule has 4 N–H and O–H groups in total. The van der Waals surface area contributed by atoms with E-state index in [0.29, 0.717) is 34.8 Å². The van der Waals surface area contributed by atoms with Crippen LogP contribution in [0, 0.1) is 3.15 Å².